The molecule has 2 fully saturated rings. The maximum absolute atomic E-state index is 15.5. The maximum atomic E-state index is 15.5. The number of rotatable bonds is 10. The van der Waals surface area contributed by atoms with E-state index >= 15 is 8.78 Å². The molecule has 48 heavy (non-hydrogen) atoms. The zero-order chi connectivity index (χ0) is 33.5. The number of benzene rings is 3. The molecule has 0 amide bonds. The number of methoxy groups -OCH3 is 2. The lowest BCUT2D eigenvalue weighted by molar-refractivity contribution is 0.0991. The van der Waals surface area contributed by atoms with Crippen LogP contribution in [0.4, 0.5) is 14.5 Å². The van der Waals surface area contributed by atoms with E-state index in [4.69, 9.17) is 14.2 Å². The van der Waals surface area contributed by atoms with Crippen LogP contribution in [0.25, 0.3) is 21.8 Å². The summed E-state index contributed by atoms with van der Waals surface area (Å²) in [5.74, 6) is -0.765. The molecule has 0 radical (unpaired) electrons. The SMILES string of the molecule is CCN1CCN(c2cc3c(cc2F)c(=O)c(C(=O)Cc2ccc(Oc4ncnc5cc(OC)c(OC)cc45)c(F)c2)cn3C2CC2)CC1. The van der Waals surface area contributed by atoms with Crippen LogP contribution in [0.1, 0.15) is 41.7 Å². The summed E-state index contributed by atoms with van der Waals surface area (Å²) in [5, 5.41) is 0.655. The first-order valence-electron chi connectivity index (χ1n) is 16.0. The second kappa shape index (κ2) is 12.8. The Morgan fingerprint density at radius 2 is 1.65 bits per heavy atom. The van der Waals surface area contributed by atoms with Crippen molar-refractivity contribution in [1.82, 2.24) is 19.4 Å². The molecule has 12 heteroatoms. The minimum Gasteiger partial charge on any atom is -0.493 e. The van der Waals surface area contributed by atoms with Crippen molar-refractivity contribution in [3.05, 3.63) is 88.0 Å². The Labute approximate surface area is 275 Å². The molecular formula is C36H35F2N5O5. The van der Waals surface area contributed by atoms with Crippen molar-refractivity contribution in [2.24, 2.45) is 0 Å². The van der Waals surface area contributed by atoms with Gasteiger partial charge >= 0.3 is 0 Å². The third-order valence-electron chi connectivity index (χ3n) is 9.17. The van der Waals surface area contributed by atoms with Crippen LogP contribution in [0, 0.1) is 11.6 Å². The number of hydrogen-bond acceptors (Lipinski definition) is 9. The number of nitrogens with zero attached hydrogens (tertiary/aromatic N) is 5. The molecule has 0 unspecified atom stereocenters. The van der Waals surface area contributed by atoms with Gasteiger partial charge in [0, 0.05) is 56.3 Å². The van der Waals surface area contributed by atoms with Crippen LogP contribution in [0.3, 0.4) is 0 Å². The van der Waals surface area contributed by atoms with E-state index in [2.05, 4.69) is 21.8 Å². The minimum absolute atomic E-state index is 0.0457. The molecule has 2 aromatic heterocycles. The summed E-state index contributed by atoms with van der Waals surface area (Å²) < 4.78 is 49.4. The molecule has 0 spiro atoms. The average Bonchev–Trinajstić information content (AvgIpc) is 3.95. The molecule has 1 saturated heterocycles. The van der Waals surface area contributed by atoms with Gasteiger partial charge in [-0.25, -0.2) is 18.7 Å². The largest absolute Gasteiger partial charge is 0.493 e. The second-order valence-electron chi connectivity index (χ2n) is 12.1. The fourth-order valence-electron chi connectivity index (χ4n) is 6.32. The molecule has 248 valence electrons. The highest BCUT2D eigenvalue weighted by atomic mass is 19.1. The van der Waals surface area contributed by atoms with E-state index in [1.54, 1.807) is 30.5 Å². The van der Waals surface area contributed by atoms with Crippen molar-refractivity contribution < 1.29 is 27.8 Å². The number of Topliss-reactive ketones (excluding diaryl/α,β-unsaturated/α-hetero) is 1. The first kappa shape index (κ1) is 31.5. The predicted octanol–water partition coefficient (Wildman–Crippen LogP) is 5.93. The van der Waals surface area contributed by atoms with Gasteiger partial charge < -0.3 is 28.6 Å². The molecule has 1 aliphatic carbocycles. The third kappa shape index (κ3) is 5.92. The topological polar surface area (TPSA) is 99.0 Å². The van der Waals surface area contributed by atoms with Crippen LogP contribution < -0.4 is 24.5 Å². The Balaban J connectivity index is 1.15. The standard InChI is InChI=1S/C36H35F2N5O5/c1-4-41-9-11-42(12-10-41)30-18-29-24(15-26(30)37)35(45)25(19-43(29)22-6-7-22)31(44)14-21-5-8-32(27(38)13-21)48-36-23-16-33(46-2)34(47-3)17-28(23)39-20-40-36/h5,8,13,15-20,22H,4,6-7,9-12,14H2,1-3H3. The molecule has 1 saturated carbocycles. The number of carbonyl (C=O) groups is 1. The van der Waals surface area contributed by atoms with E-state index in [0.717, 1.165) is 32.5 Å². The zero-order valence-corrected chi connectivity index (χ0v) is 27.0. The molecule has 0 atom stereocenters. The lowest BCUT2D eigenvalue weighted by atomic mass is 10.0. The van der Waals surface area contributed by atoms with E-state index in [9.17, 15) is 9.59 Å². The summed E-state index contributed by atoms with van der Waals surface area (Å²) in [4.78, 5) is 40.0. The lowest BCUT2D eigenvalue weighted by Crippen LogP contribution is -2.46. The van der Waals surface area contributed by atoms with Gasteiger partial charge in [0.25, 0.3) is 0 Å². The highest BCUT2D eigenvalue weighted by molar-refractivity contribution is 6.00. The number of piperazine rings is 1. The Kier molecular flexibility index (Phi) is 8.42. The highest BCUT2D eigenvalue weighted by Crippen LogP contribution is 2.39. The van der Waals surface area contributed by atoms with E-state index < -0.39 is 22.8 Å². The molecule has 7 rings (SSSR count). The fourth-order valence-corrected chi connectivity index (χ4v) is 6.32. The summed E-state index contributed by atoms with van der Waals surface area (Å²) >= 11 is 0. The Hall–Kier alpha value is -5.10. The van der Waals surface area contributed by atoms with Gasteiger partial charge in [0.15, 0.2) is 34.3 Å². The number of carbonyl (C=O) groups excluding carboxylic acids is 1. The monoisotopic (exact) mass is 655 g/mol. The number of halogens is 2. The highest BCUT2D eigenvalue weighted by Gasteiger charge is 2.29. The molecule has 0 bridgehead atoms. The lowest BCUT2D eigenvalue weighted by Gasteiger charge is -2.35. The zero-order valence-electron chi connectivity index (χ0n) is 27.0. The van der Waals surface area contributed by atoms with Gasteiger partial charge in [-0.3, -0.25) is 9.59 Å². The number of hydrogen-bond donors (Lipinski definition) is 0. The average molecular weight is 656 g/mol. The van der Waals surface area contributed by atoms with Crippen LogP contribution in [0.5, 0.6) is 23.1 Å². The first-order valence-corrected chi connectivity index (χ1v) is 16.0. The van der Waals surface area contributed by atoms with Gasteiger partial charge in [0.2, 0.25) is 5.88 Å². The van der Waals surface area contributed by atoms with Crippen LogP contribution >= 0.6 is 0 Å². The van der Waals surface area contributed by atoms with Gasteiger partial charge in [0.1, 0.15) is 12.1 Å². The summed E-state index contributed by atoms with van der Waals surface area (Å²) in [6, 6.07) is 10.6. The predicted molar refractivity (Wildman–Crippen MR) is 178 cm³/mol. The number of likely N-dealkylation sites (N-methyl/N-ethyl adjacent to an activating group) is 1. The smallest absolute Gasteiger partial charge is 0.230 e. The molecule has 0 N–H and O–H groups in total. The number of aromatic nitrogens is 3. The first-order chi connectivity index (χ1) is 23.3. The van der Waals surface area contributed by atoms with Gasteiger partial charge in [-0.1, -0.05) is 13.0 Å². The number of ketones is 1. The van der Waals surface area contributed by atoms with Crippen LogP contribution in [0.15, 0.2) is 59.8 Å². The van der Waals surface area contributed by atoms with Crippen molar-refractivity contribution >= 4 is 33.3 Å². The fraction of sp³-hybridized carbons (Fsp3) is 0.333. The van der Waals surface area contributed by atoms with Crippen molar-refractivity contribution in [3.63, 3.8) is 0 Å². The molecule has 1 aliphatic heterocycles. The molecule has 10 nitrogen and oxygen atoms in total. The van der Waals surface area contributed by atoms with Crippen molar-refractivity contribution in [2.45, 2.75) is 32.2 Å². The van der Waals surface area contributed by atoms with Crippen molar-refractivity contribution in [2.75, 3.05) is 51.8 Å². The minimum atomic E-state index is -0.712. The molecule has 3 aromatic carbocycles. The third-order valence-corrected chi connectivity index (χ3v) is 9.17. The van der Waals surface area contributed by atoms with Crippen LogP contribution in [0.2, 0.25) is 0 Å². The quantitative estimate of drug-likeness (QED) is 0.170. The molecule has 2 aliphatic rings. The van der Waals surface area contributed by atoms with Crippen LogP contribution in [-0.2, 0) is 6.42 Å². The Morgan fingerprint density at radius 3 is 2.33 bits per heavy atom. The van der Waals surface area contributed by atoms with E-state index in [1.165, 1.54) is 38.7 Å². The summed E-state index contributed by atoms with van der Waals surface area (Å²) in [7, 11) is 3.01. The van der Waals surface area contributed by atoms with Crippen molar-refractivity contribution in [1.29, 1.82) is 0 Å². The summed E-state index contributed by atoms with van der Waals surface area (Å²) in [6.45, 7) is 6.13. The van der Waals surface area contributed by atoms with E-state index in [1.807, 2.05) is 9.47 Å². The van der Waals surface area contributed by atoms with Crippen LogP contribution in [-0.4, -0.2) is 72.2 Å². The van der Waals surface area contributed by atoms with Gasteiger partial charge in [-0.05, 0) is 55.3 Å². The normalized spacial score (nSPS) is 15.2. The molecule has 3 heterocycles. The van der Waals surface area contributed by atoms with Gasteiger partial charge in [-0.15, -0.1) is 0 Å². The molecule has 5 aromatic rings. The van der Waals surface area contributed by atoms with Gasteiger partial charge in [-0.2, -0.15) is 0 Å². The summed E-state index contributed by atoms with van der Waals surface area (Å²) in [5.41, 5.74) is 1.38. The van der Waals surface area contributed by atoms with Gasteiger partial charge in [0.05, 0.1) is 41.9 Å². The Morgan fingerprint density at radius 1 is 0.896 bits per heavy atom. The number of fused-ring (bicyclic) bond motifs is 2. The second-order valence-corrected chi connectivity index (χ2v) is 12.1. The molecular weight excluding hydrogens is 620 g/mol. The Bertz CT molecular complexity index is 2110. The van der Waals surface area contributed by atoms with E-state index in [-0.39, 0.29) is 35.0 Å². The maximum Gasteiger partial charge on any atom is 0.230 e. The number of ether oxygens (including phenoxy) is 3. The summed E-state index contributed by atoms with van der Waals surface area (Å²) in [6.07, 6.45) is 4.48. The van der Waals surface area contributed by atoms with Crippen molar-refractivity contribution in [3.8, 4) is 23.1 Å². The van der Waals surface area contributed by atoms with E-state index in [0.29, 0.717) is 52.3 Å². The number of pyridine rings is 1. The number of anilines is 1.